The molecule has 0 saturated carbocycles. The molecule has 0 unspecified atom stereocenters. The van der Waals surface area contributed by atoms with Gasteiger partial charge in [-0.15, -0.1) is 0 Å². The number of ether oxygens (including phenoxy) is 2. The van der Waals surface area contributed by atoms with Crippen molar-refractivity contribution in [3.63, 3.8) is 0 Å². The van der Waals surface area contributed by atoms with E-state index >= 15 is 0 Å². The Kier molecular flexibility index (Phi) is 4.53. The van der Waals surface area contributed by atoms with Crippen LogP contribution in [0.3, 0.4) is 0 Å². The quantitative estimate of drug-likeness (QED) is 0.813. The van der Waals surface area contributed by atoms with Crippen LogP contribution in [0.2, 0.25) is 5.02 Å². The van der Waals surface area contributed by atoms with E-state index in [-0.39, 0.29) is 22.8 Å². The van der Waals surface area contributed by atoms with Crippen LogP contribution in [0.4, 0.5) is 4.39 Å². The minimum Gasteiger partial charge on any atom is -0.481 e. The molecule has 0 N–H and O–H groups in total. The molecule has 0 amide bonds. The molecule has 0 fully saturated rings. The fraction of sp³-hybridized carbons (Fsp3) is 0.143. The highest BCUT2D eigenvalue weighted by Crippen LogP contribution is 2.20. The highest BCUT2D eigenvalue weighted by Gasteiger charge is 2.12. The lowest BCUT2D eigenvalue weighted by Crippen LogP contribution is -2.07. The van der Waals surface area contributed by atoms with Crippen molar-refractivity contribution in [1.29, 1.82) is 0 Å². The number of halogens is 2. The molecule has 1 aromatic heterocycles. The van der Waals surface area contributed by atoms with Gasteiger partial charge in [-0.1, -0.05) is 17.7 Å². The molecule has 20 heavy (non-hydrogen) atoms. The topological polar surface area (TPSA) is 48.4 Å². The molecule has 0 aliphatic heterocycles. The Bertz CT molecular complexity index is 596. The zero-order valence-corrected chi connectivity index (χ0v) is 11.4. The Labute approximate surface area is 120 Å². The van der Waals surface area contributed by atoms with Crippen LogP contribution in [0.25, 0.3) is 0 Å². The first-order valence-electron chi connectivity index (χ1n) is 5.72. The summed E-state index contributed by atoms with van der Waals surface area (Å²) in [5.74, 6) is -0.740. The normalized spacial score (nSPS) is 10.2. The van der Waals surface area contributed by atoms with Gasteiger partial charge in [0.05, 0.1) is 17.7 Å². The highest BCUT2D eigenvalue weighted by molar-refractivity contribution is 6.31. The first kappa shape index (κ1) is 14.3. The third kappa shape index (κ3) is 3.24. The van der Waals surface area contributed by atoms with Crippen LogP contribution in [0.5, 0.6) is 5.88 Å². The van der Waals surface area contributed by atoms with Gasteiger partial charge < -0.3 is 9.47 Å². The van der Waals surface area contributed by atoms with Gasteiger partial charge in [-0.3, -0.25) is 0 Å². The van der Waals surface area contributed by atoms with E-state index in [1.54, 1.807) is 0 Å². The average Bonchev–Trinajstić information content (AvgIpc) is 2.46. The zero-order chi connectivity index (χ0) is 14.5. The summed E-state index contributed by atoms with van der Waals surface area (Å²) in [6.45, 7) is -0.240. The number of carbonyl (C=O) groups is 1. The minimum absolute atomic E-state index is 0.143. The van der Waals surface area contributed by atoms with Crippen LogP contribution in [-0.2, 0) is 11.3 Å². The van der Waals surface area contributed by atoms with Crippen LogP contribution < -0.4 is 4.74 Å². The van der Waals surface area contributed by atoms with E-state index in [0.29, 0.717) is 5.88 Å². The third-order valence-corrected chi connectivity index (χ3v) is 2.94. The molecule has 0 spiro atoms. The molecule has 0 radical (unpaired) electrons. The number of rotatable bonds is 4. The highest BCUT2D eigenvalue weighted by atomic mass is 35.5. The molecule has 0 bridgehead atoms. The third-order valence-electron chi connectivity index (χ3n) is 2.59. The van der Waals surface area contributed by atoms with Crippen LogP contribution in [0.15, 0.2) is 36.5 Å². The molecular weight excluding hydrogens is 285 g/mol. The maximum absolute atomic E-state index is 13.5. The second kappa shape index (κ2) is 6.34. The van der Waals surface area contributed by atoms with E-state index < -0.39 is 11.8 Å². The van der Waals surface area contributed by atoms with Crippen molar-refractivity contribution < 1.29 is 18.7 Å². The number of methoxy groups -OCH3 is 1. The largest absolute Gasteiger partial charge is 0.481 e. The van der Waals surface area contributed by atoms with Crippen molar-refractivity contribution in [3.05, 3.63) is 58.5 Å². The summed E-state index contributed by atoms with van der Waals surface area (Å²) in [4.78, 5) is 15.7. The Morgan fingerprint density at radius 2 is 2.15 bits per heavy atom. The predicted molar refractivity (Wildman–Crippen MR) is 71.3 cm³/mol. The van der Waals surface area contributed by atoms with Gasteiger partial charge in [0.15, 0.2) is 0 Å². The number of nitrogens with zero attached hydrogens (tertiary/aromatic N) is 1. The van der Waals surface area contributed by atoms with Gasteiger partial charge in [0, 0.05) is 17.8 Å². The van der Waals surface area contributed by atoms with Gasteiger partial charge in [0.25, 0.3) is 0 Å². The lowest BCUT2D eigenvalue weighted by Gasteiger charge is -2.07. The fourth-order valence-electron chi connectivity index (χ4n) is 1.51. The molecule has 1 aromatic carbocycles. The lowest BCUT2D eigenvalue weighted by molar-refractivity contribution is 0.0468. The molecular formula is C14H11ClFNO3. The number of hydrogen-bond donors (Lipinski definition) is 0. The van der Waals surface area contributed by atoms with Gasteiger partial charge in [0.1, 0.15) is 12.4 Å². The standard InChI is InChI=1S/C14H11ClFNO3/c1-19-13-6-5-9(7-17-13)14(18)20-8-10-11(15)3-2-4-12(10)16/h2-7H,8H2,1H3. The molecule has 0 saturated heterocycles. The summed E-state index contributed by atoms with van der Waals surface area (Å²) in [7, 11) is 1.47. The molecule has 0 aliphatic rings. The van der Waals surface area contributed by atoms with Crippen molar-refractivity contribution in [2.75, 3.05) is 7.11 Å². The van der Waals surface area contributed by atoms with Gasteiger partial charge in [0.2, 0.25) is 5.88 Å². The SMILES string of the molecule is COc1ccc(C(=O)OCc2c(F)cccc2Cl)cn1. The monoisotopic (exact) mass is 295 g/mol. The van der Waals surface area contributed by atoms with Crippen molar-refractivity contribution in [2.24, 2.45) is 0 Å². The van der Waals surface area contributed by atoms with E-state index in [4.69, 9.17) is 21.1 Å². The van der Waals surface area contributed by atoms with Crippen molar-refractivity contribution >= 4 is 17.6 Å². The number of benzene rings is 1. The Morgan fingerprint density at radius 3 is 2.75 bits per heavy atom. The number of esters is 1. The van der Waals surface area contributed by atoms with Crippen LogP contribution in [0, 0.1) is 5.82 Å². The van der Waals surface area contributed by atoms with Crippen LogP contribution in [-0.4, -0.2) is 18.1 Å². The van der Waals surface area contributed by atoms with E-state index in [9.17, 15) is 9.18 Å². The summed E-state index contributed by atoms with van der Waals surface area (Å²) >= 11 is 5.84. The maximum atomic E-state index is 13.5. The molecule has 2 aromatic rings. The number of hydrogen-bond acceptors (Lipinski definition) is 4. The average molecular weight is 296 g/mol. The maximum Gasteiger partial charge on any atom is 0.340 e. The number of aromatic nitrogens is 1. The van der Waals surface area contributed by atoms with Crippen molar-refractivity contribution in [3.8, 4) is 5.88 Å². The Morgan fingerprint density at radius 1 is 1.35 bits per heavy atom. The summed E-state index contributed by atoms with van der Waals surface area (Å²) in [5.41, 5.74) is 0.391. The lowest BCUT2D eigenvalue weighted by atomic mass is 10.2. The van der Waals surface area contributed by atoms with Gasteiger partial charge in [-0.2, -0.15) is 0 Å². The zero-order valence-electron chi connectivity index (χ0n) is 10.6. The first-order valence-corrected chi connectivity index (χ1v) is 6.09. The van der Waals surface area contributed by atoms with Crippen LogP contribution >= 0.6 is 11.6 Å². The first-order chi connectivity index (χ1) is 9.61. The fourth-order valence-corrected chi connectivity index (χ4v) is 1.73. The summed E-state index contributed by atoms with van der Waals surface area (Å²) in [6.07, 6.45) is 1.32. The number of carbonyl (C=O) groups excluding carboxylic acids is 1. The second-order valence-electron chi connectivity index (χ2n) is 3.87. The molecule has 0 aliphatic carbocycles. The van der Waals surface area contributed by atoms with Crippen LogP contribution in [0.1, 0.15) is 15.9 Å². The van der Waals surface area contributed by atoms with Crippen molar-refractivity contribution in [1.82, 2.24) is 4.98 Å². The Hall–Kier alpha value is -2.14. The van der Waals surface area contributed by atoms with Gasteiger partial charge in [-0.05, 0) is 18.2 Å². The van der Waals surface area contributed by atoms with E-state index in [1.165, 1.54) is 43.6 Å². The summed E-state index contributed by atoms with van der Waals surface area (Å²) < 4.78 is 23.4. The van der Waals surface area contributed by atoms with E-state index in [2.05, 4.69) is 4.98 Å². The number of pyridine rings is 1. The van der Waals surface area contributed by atoms with E-state index in [1.807, 2.05) is 0 Å². The Balaban J connectivity index is 2.04. The molecule has 1 heterocycles. The second-order valence-corrected chi connectivity index (χ2v) is 4.27. The van der Waals surface area contributed by atoms with Crippen molar-refractivity contribution in [2.45, 2.75) is 6.61 Å². The van der Waals surface area contributed by atoms with Gasteiger partial charge in [-0.25, -0.2) is 14.2 Å². The molecule has 4 nitrogen and oxygen atoms in total. The summed E-state index contributed by atoms with van der Waals surface area (Å²) in [6, 6.07) is 7.31. The smallest absolute Gasteiger partial charge is 0.340 e. The predicted octanol–water partition coefficient (Wildman–Crippen LogP) is 3.24. The molecule has 0 atom stereocenters. The minimum atomic E-state index is -0.612. The summed E-state index contributed by atoms with van der Waals surface area (Å²) in [5, 5.41) is 0.214. The molecule has 104 valence electrons. The molecule has 2 rings (SSSR count). The molecule has 6 heteroatoms. The van der Waals surface area contributed by atoms with E-state index in [0.717, 1.165) is 0 Å². The van der Waals surface area contributed by atoms with Gasteiger partial charge >= 0.3 is 5.97 Å².